The first-order valence-electron chi connectivity index (χ1n) is 8.01. The second kappa shape index (κ2) is 6.12. The number of carbonyl (C=O) groups excluding carboxylic acids is 2. The first-order chi connectivity index (χ1) is 11.7. The van der Waals surface area contributed by atoms with Crippen molar-refractivity contribution in [1.29, 1.82) is 0 Å². The molecule has 0 spiro atoms. The number of carbonyl (C=O) groups is 2. The number of allylic oxidation sites excluding steroid dienone is 1. The summed E-state index contributed by atoms with van der Waals surface area (Å²) in [6.07, 6.45) is 9.22. The number of terminal acetylenes is 1. The second-order valence-electron chi connectivity index (χ2n) is 6.79. The summed E-state index contributed by atoms with van der Waals surface area (Å²) in [5, 5.41) is -0.315. The van der Waals surface area contributed by atoms with Gasteiger partial charge in [-0.05, 0) is 61.9 Å². The van der Waals surface area contributed by atoms with Crippen molar-refractivity contribution >= 4 is 40.2 Å². The number of thioether (sulfide) groups is 1. The monoisotopic (exact) mass is 352 g/mol. The number of hydrogen-bond acceptors (Lipinski definition) is 4. The number of fused-ring (bicyclic) bond motifs is 1. The van der Waals surface area contributed by atoms with Crippen LogP contribution in [0.4, 0.5) is 10.5 Å². The maximum atomic E-state index is 12.3. The largest absolute Gasteiger partial charge is 0.366 e. The van der Waals surface area contributed by atoms with Crippen LogP contribution in [0.1, 0.15) is 31.9 Å². The van der Waals surface area contributed by atoms with E-state index in [4.69, 9.17) is 6.42 Å². The predicted molar refractivity (Wildman–Crippen MR) is 104 cm³/mol. The van der Waals surface area contributed by atoms with Gasteiger partial charge in [-0.3, -0.25) is 14.5 Å². The van der Waals surface area contributed by atoms with E-state index >= 15 is 0 Å². The number of nitrogens with zero attached hydrogens (tertiary/aromatic N) is 2. The lowest BCUT2D eigenvalue weighted by atomic mass is 9.88. The third kappa shape index (κ3) is 2.98. The van der Waals surface area contributed by atoms with Crippen molar-refractivity contribution in [3.8, 4) is 12.3 Å². The Hall–Kier alpha value is -2.45. The van der Waals surface area contributed by atoms with E-state index in [2.05, 4.69) is 56.8 Å². The molecule has 0 N–H and O–H groups in total. The SMILES string of the molecule is C#CCN1C(=O)S/C(=C/c2ccc3c(c2)C(C)=CC(C)(C)N3C)C1=O. The van der Waals surface area contributed by atoms with E-state index in [0.29, 0.717) is 4.91 Å². The normalized spacial score (nSPS) is 20.6. The molecule has 0 aliphatic carbocycles. The molecule has 3 rings (SSSR count). The summed E-state index contributed by atoms with van der Waals surface area (Å²) in [6, 6.07) is 6.09. The highest BCUT2D eigenvalue weighted by Crippen LogP contribution is 2.39. The van der Waals surface area contributed by atoms with Gasteiger partial charge in [-0.25, -0.2) is 0 Å². The molecule has 2 aliphatic heterocycles. The molecule has 0 aromatic heterocycles. The zero-order valence-corrected chi connectivity index (χ0v) is 15.6. The van der Waals surface area contributed by atoms with E-state index in [1.807, 2.05) is 6.07 Å². The number of hydrogen-bond donors (Lipinski definition) is 0. The van der Waals surface area contributed by atoms with Crippen LogP contribution in [0.25, 0.3) is 11.6 Å². The molecular weight excluding hydrogens is 332 g/mol. The summed E-state index contributed by atoms with van der Waals surface area (Å²) in [4.78, 5) is 27.9. The average molecular weight is 352 g/mol. The summed E-state index contributed by atoms with van der Waals surface area (Å²) in [5.41, 5.74) is 4.34. The van der Waals surface area contributed by atoms with Crippen molar-refractivity contribution in [2.45, 2.75) is 26.3 Å². The standard InChI is InChI=1S/C20H20N2O2S/c1-6-9-22-18(23)17(25-19(22)24)11-14-7-8-16-15(10-14)13(2)12-20(3,4)21(16)5/h1,7-8,10-12H,9H2,2-5H3/b17-11+. The van der Waals surface area contributed by atoms with Crippen LogP contribution in [-0.2, 0) is 4.79 Å². The second-order valence-corrected chi connectivity index (χ2v) is 7.78. The van der Waals surface area contributed by atoms with Crippen LogP contribution in [0.2, 0.25) is 0 Å². The van der Waals surface area contributed by atoms with E-state index in [1.165, 1.54) is 5.57 Å². The summed E-state index contributed by atoms with van der Waals surface area (Å²) >= 11 is 0.933. The Kier molecular flexibility index (Phi) is 4.26. The first kappa shape index (κ1) is 17.4. The molecule has 0 saturated carbocycles. The maximum absolute atomic E-state index is 12.3. The lowest BCUT2D eigenvalue weighted by molar-refractivity contribution is -0.122. The van der Waals surface area contributed by atoms with Crippen LogP contribution in [0.15, 0.2) is 29.2 Å². The van der Waals surface area contributed by atoms with Gasteiger partial charge in [0.25, 0.3) is 11.1 Å². The smallest absolute Gasteiger partial charge is 0.294 e. The number of benzene rings is 1. The highest BCUT2D eigenvalue weighted by atomic mass is 32.2. The van der Waals surface area contributed by atoms with Crippen LogP contribution in [0, 0.1) is 12.3 Å². The van der Waals surface area contributed by atoms with Crippen molar-refractivity contribution in [1.82, 2.24) is 4.90 Å². The number of amides is 2. The van der Waals surface area contributed by atoms with Crippen LogP contribution in [0.5, 0.6) is 0 Å². The molecule has 0 atom stereocenters. The molecular formula is C20H20N2O2S. The quantitative estimate of drug-likeness (QED) is 0.596. The molecule has 0 bridgehead atoms. The van der Waals surface area contributed by atoms with Crippen molar-refractivity contribution in [3.05, 3.63) is 40.3 Å². The van der Waals surface area contributed by atoms with Gasteiger partial charge < -0.3 is 4.90 Å². The fraction of sp³-hybridized carbons (Fsp3) is 0.300. The molecule has 0 unspecified atom stereocenters. The fourth-order valence-corrected chi connectivity index (χ4v) is 3.98. The Balaban J connectivity index is 1.97. The van der Waals surface area contributed by atoms with Crippen LogP contribution in [-0.4, -0.2) is 35.2 Å². The number of rotatable bonds is 2. The lowest BCUT2D eigenvalue weighted by Gasteiger charge is -2.40. The van der Waals surface area contributed by atoms with Gasteiger partial charge in [-0.15, -0.1) is 6.42 Å². The average Bonchev–Trinajstić information content (AvgIpc) is 2.80. The molecule has 1 fully saturated rings. The number of anilines is 1. The zero-order valence-electron chi connectivity index (χ0n) is 14.8. The Labute approximate surface area is 152 Å². The van der Waals surface area contributed by atoms with Gasteiger partial charge in [-0.1, -0.05) is 18.1 Å². The van der Waals surface area contributed by atoms with Gasteiger partial charge in [0, 0.05) is 18.3 Å². The molecule has 25 heavy (non-hydrogen) atoms. The molecule has 4 nitrogen and oxygen atoms in total. The van der Waals surface area contributed by atoms with E-state index in [1.54, 1.807) is 6.08 Å². The minimum atomic E-state index is -0.323. The third-order valence-corrected chi connectivity index (χ3v) is 5.57. The maximum Gasteiger partial charge on any atom is 0.294 e. The molecule has 2 amide bonds. The topological polar surface area (TPSA) is 40.6 Å². The first-order valence-corrected chi connectivity index (χ1v) is 8.83. The van der Waals surface area contributed by atoms with Crippen molar-refractivity contribution in [2.24, 2.45) is 0 Å². The molecule has 5 heteroatoms. The van der Waals surface area contributed by atoms with E-state index < -0.39 is 0 Å². The van der Waals surface area contributed by atoms with Crippen LogP contribution in [0.3, 0.4) is 0 Å². The van der Waals surface area contributed by atoms with E-state index in [0.717, 1.165) is 33.5 Å². The summed E-state index contributed by atoms with van der Waals surface area (Å²) in [5.74, 6) is 2.02. The molecule has 1 aromatic rings. The molecule has 2 aliphatic rings. The Bertz CT molecular complexity index is 874. The minimum absolute atomic E-state index is 0.00785. The minimum Gasteiger partial charge on any atom is -0.366 e. The highest BCUT2D eigenvalue weighted by molar-refractivity contribution is 8.18. The van der Waals surface area contributed by atoms with Gasteiger partial charge in [0.2, 0.25) is 0 Å². The number of likely N-dealkylation sites (N-methyl/N-ethyl adjacent to an activating group) is 1. The van der Waals surface area contributed by atoms with Crippen molar-refractivity contribution in [2.75, 3.05) is 18.5 Å². The lowest BCUT2D eigenvalue weighted by Crippen LogP contribution is -2.42. The molecule has 128 valence electrons. The van der Waals surface area contributed by atoms with Crippen molar-refractivity contribution < 1.29 is 9.59 Å². The van der Waals surface area contributed by atoms with Crippen molar-refractivity contribution in [3.63, 3.8) is 0 Å². The van der Waals surface area contributed by atoms with Gasteiger partial charge in [0.05, 0.1) is 17.0 Å². The van der Waals surface area contributed by atoms with E-state index in [9.17, 15) is 9.59 Å². The summed E-state index contributed by atoms with van der Waals surface area (Å²) < 4.78 is 0. The van der Waals surface area contributed by atoms with Gasteiger partial charge >= 0.3 is 0 Å². The van der Waals surface area contributed by atoms with E-state index in [-0.39, 0.29) is 23.2 Å². The Morgan fingerprint density at radius 3 is 2.72 bits per heavy atom. The Morgan fingerprint density at radius 2 is 2.04 bits per heavy atom. The van der Waals surface area contributed by atoms with Crippen LogP contribution < -0.4 is 4.90 Å². The number of imide groups is 1. The molecule has 1 aromatic carbocycles. The highest BCUT2D eigenvalue weighted by Gasteiger charge is 2.34. The van der Waals surface area contributed by atoms with Crippen LogP contribution >= 0.6 is 11.8 Å². The molecule has 1 saturated heterocycles. The third-order valence-electron chi connectivity index (χ3n) is 4.66. The molecule has 2 heterocycles. The van der Waals surface area contributed by atoms with Gasteiger partial charge in [-0.2, -0.15) is 0 Å². The fourth-order valence-electron chi connectivity index (χ4n) is 3.15. The van der Waals surface area contributed by atoms with Gasteiger partial charge in [0.1, 0.15) is 0 Å². The van der Waals surface area contributed by atoms with Gasteiger partial charge in [0.15, 0.2) is 0 Å². The zero-order chi connectivity index (χ0) is 18.4. The predicted octanol–water partition coefficient (Wildman–Crippen LogP) is 3.99. The Morgan fingerprint density at radius 1 is 1.32 bits per heavy atom. The molecule has 0 radical (unpaired) electrons. The summed E-state index contributed by atoms with van der Waals surface area (Å²) in [6.45, 7) is 6.45. The summed E-state index contributed by atoms with van der Waals surface area (Å²) in [7, 11) is 2.08.